The predicted octanol–water partition coefficient (Wildman–Crippen LogP) is 5.92. The molecular weight excluding hydrogens is 316 g/mol. The largest absolute Gasteiger partial charge is 0.0922 e. The summed E-state index contributed by atoms with van der Waals surface area (Å²) in [4.78, 5) is 0. The Kier molecular flexibility index (Phi) is 10.8. The third-order valence-corrected chi connectivity index (χ3v) is 5.54. The monoisotopic (exact) mass is 340 g/mol. The van der Waals surface area contributed by atoms with Crippen molar-refractivity contribution in [1.82, 2.24) is 0 Å². The topological polar surface area (TPSA) is 0 Å². The molecule has 0 aliphatic rings. The summed E-state index contributed by atoms with van der Waals surface area (Å²) in [6, 6.07) is 0. The fraction of sp³-hybridized carbons (Fsp3) is 1.00. The quantitative estimate of drug-likeness (QED) is 0.341. The van der Waals surface area contributed by atoms with E-state index >= 15 is 0 Å². The van der Waals surface area contributed by atoms with E-state index in [0.29, 0.717) is 5.41 Å². The highest BCUT2D eigenvalue weighted by atomic mass is 79.9. The second-order valence-corrected chi connectivity index (χ2v) is 5.80. The minimum absolute atomic E-state index is 0.515. The van der Waals surface area contributed by atoms with Gasteiger partial charge in [-0.25, -0.2) is 0 Å². The van der Waals surface area contributed by atoms with Crippen molar-refractivity contribution in [2.45, 2.75) is 65.2 Å². The van der Waals surface area contributed by atoms with Crippen LogP contribution in [0.1, 0.15) is 65.2 Å². The molecule has 0 atom stereocenters. The standard InChI is InChI=1S/C13H26Br2/c1-3-5-6-7-8-10-13(11-14,12-15)9-4-2/h3-12H2,1-2H3. The van der Waals surface area contributed by atoms with Gasteiger partial charge in [0, 0.05) is 10.7 Å². The van der Waals surface area contributed by atoms with Crippen molar-refractivity contribution in [1.29, 1.82) is 0 Å². The third-order valence-electron chi connectivity index (χ3n) is 3.16. The van der Waals surface area contributed by atoms with Gasteiger partial charge in [-0.05, 0) is 18.3 Å². The molecule has 0 nitrogen and oxygen atoms in total. The molecule has 0 heterocycles. The van der Waals surface area contributed by atoms with Crippen molar-refractivity contribution < 1.29 is 0 Å². The molecule has 0 aromatic rings. The molecule has 0 bridgehead atoms. The van der Waals surface area contributed by atoms with Gasteiger partial charge in [0.2, 0.25) is 0 Å². The lowest BCUT2D eigenvalue weighted by Gasteiger charge is -2.29. The second-order valence-electron chi connectivity index (χ2n) is 4.68. The van der Waals surface area contributed by atoms with Crippen LogP contribution >= 0.6 is 31.9 Å². The van der Waals surface area contributed by atoms with E-state index < -0.39 is 0 Å². The molecule has 0 aromatic carbocycles. The normalized spacial score (nSPS) is 12.0. The zero-order valence-electron chi connectivity index (χ0n) is 10.3. The maximum Gasteiger partial charge on any atom is 0.00959 e. The first-order chi connectivity index (χ1) is 7.24. The van der Waals surface area contributed by atoms with E-state index in [-0.39, 0.29) is 0 Å². The maximum atomic E-state index is 3.69. The molecule has 0 spiro atoms. The van der Waals surface area contributed by atoms with E-state index in [1.54, 1.807) is 0 Å². The Balaban J connectivity index is 3.74. The number of hydrogen-bond acceptors (Lipinski definition) is 0. The van der Waals surface area contributed by atoms with Crippen LogP contribution in [0.4, 0.5) is 0 Å². The lowest BCUT2D eigenvalue weighted by Crippen LogP contribution is -2.24. The van der Waals surface area contributed by atoms with Gasteiger partial charge in [-0.2, -0.15) is 0 Å². The van der Waals surface area contributed by atoms with E-state index in [9.17, 15) is 0 Å². The molecule has 0 aromatic heterocycles. The van der Waals surface area contributed by atoms with Gasteiger partial charge < -0.3 is 0 Å². The van der Waals surface area contributed by atoms with Gasteiger partial charge in [0.25, 0.3) is 0 Å². The van der Waals surface area contributed by atoms with Crippen molar-refractivity contribution in [3.63, 3.8) is 0 Å². The van der Waals surface area contributed by atoms with Crippen LogP contribution in [0.15, 0.2) is 0 Å². The average molecular weight is 342 g/mol. The van der Waals surface area contributed by atoms with Gasteiger partial charge in [0.1, 0.15) is 0 Å². The van der Waals surface area contributed by atoms with Crippen molar-refractivity contribution in [2.24, 2.45) is 5.41 Å². The fourth-order valence-electron chi connectivity index (χ4n) is 2.06. The molecular formula is C13H26Br2. The van der Waals surface area contributed by atoms with Gasteiger partial charge in [-0.1, -0.05) is 84.2 Å². The van der Waals surface area contributed by atoms with Crippen LogP contribution in [-0.2, 0) is 0 Å². The minimum Gasteiger partial charge on any atom is -0.0922 e. The van der Waals surface area contributed by atoms with Gasteiger partial charge in [0.15, 0.2) is 0 Å². The zero-order chi connectivity index (χ0) is 11.6. The SMILES string of the molecule is CCCCCCCC(CBr)(CBr)CCC. The van der Waals surface area contributed by atoms with Gasteiger partial charge in [-0.3, -0.25) is 0 Å². The van der Waals surface area contributed by atoms with Crippen LogP contribution in [0.3, 0.4) is 0 Å². The zero-order valence-corrected chi connectivity index (χ0v) is 13.5. The molecule has 0 radical (unpaired) electrons. The molecule has 0 aliphatic heterocycles. The predicted molar refractivity (Wildman–Crippen MR) is 78.3 cm³/mol. The van der Waals surface area contributed by atoms with Gasteiger partial charge in [0.05, 0.1) is 0 Å². The highest BCUT2D eigenvalue weighted by Crippen LogP contribution is 2.34. The molecule has 0 N–H and O–H groups in total. The van der Waals surface area contributed by atoms with Crippen molar-refractivity contribution in [2.75, 3.05) is 10.7 Å². The Morgan fingerprint density at radius 3 is 1.80 bits per heavy atom. The summed E-state index contributed by atoms with van der Waals surface area (Å²) in [5, 5.41) is 2.29. The number of unbranched alkanes of at least 4 members (excludes halogenated alkanes) is 4. The Hall–Kier alpha value is 0.960. The first-order valence-electron chi connectivity index (χ1n) is 6.36. The Morgan fingerprint density at radius 2 is 1.33 bits per heavy atom. The van der Waals surface area contributed by atoms with Crippen LogP contribution < -0.4 is 0 Å². The first-order valence-corrected chi connectivity index (χ1v) is 8.61. The smallest absolute Gasteiger partial charge is 0.00959 e. The summed E-state index contributed by atoms with van der Waals surface area (Å²) < 4.78 is 0. The van der Waals surface area contributed by atoms with Gasteiger partial charge >= 0.3 is 0 Å². The molecule has 2 heteroatoms. The Morgan fingerprint density at radius 1 is 0.733 bits per heavy atom. The third kappa shape index (κ3) is 6.99. The van der Waals surface area contributed by atoms with Crippen LogP contribution in [0.25, 0.3) is 0 Å². The summed E-state index contributed by atoms with van der Waals surface area (Å²) in [7, 11) is 0. The van der Waals surface area contributed by atoms with Crippen LogP contribution in [-0.4, -0.2) is 10.7 Å². The summed E-state index contributed by atoms with van der Waals surface area (Å²) in [6.07, 6.45) is 11.0. The second kappa shape index (κ2) is 10.1. The highest BCUT2D eigenvalue weighted by molar-refractivity contribution is 9.09. The molecule has 0 rings (SSSR count). The summed E-state index contributed by atoms with van der Waals surface area (Å²) in [6.45, 7) is 4.56. The molecule has 0 amide bonds. The van der Waals surface area contributed by atoms with Crippen LogP contribution in [0.2, 0.25) is 0 Å². The molecule has 0 saturated heterocycles. The molecule has 92 valence electrons. The number of halogens is 2. The van der Waals surface area contributed by atoms with E-state index in [0.717, 1.165) is 10.7 Å². The van der Waals surface area contributed by atoms with Crippen molar-refractivity contribution in [3.05, 3.63) is 0 Å². The minimum atomic E-state index is 0.515. The maximum absolute atomic E-state index is 3.69. The summed E-state index contributed by atoms with van der Waals surface area (Å²) in [5.74, 6) is 0. The lowest BCUT2D eigenvalue weighted by molar-refractivity contribution is 0.311. The van der Waals surface area contributed by atoms with E-state index in [4.69, 9.17) is 0 Å². The van der Waals surface area contributed by atoms with Gasteiger partial charge in [-0.15, -0.1) is 0 Å². The molecule has 0 aliphatic carbocycles. The molecule has 15 heavy (non-hydrogen) atoms. The van der Waals surface area contributed by atoms with Crippen LogP contribution in [0, 0.1) is 5.41 Å². The summed E-state index contributed by atoms with van der Waals surface area (Å²) >= 11 is 7.37. The van der Waals surface area contributed by atoms with E-state index in [1.807, 2.05) is 0 Å². The number of rotatable bonds is 10. The first kappa shape index (κ1) is 16.0. The highest BCUT2D eigenvalue weighted by Gasteiger charge is 2.25. The van der Waals surface area contributed by atoms with Crippen molar-refractivity contribution in [3.8, 4) is 0 Å². The lowest BCUT2D eigenvalue weighted by atomic mass is 9.82. The van der Waals surface area contributed by atoms with Crippen molar-refractivity contribution >= 4 is 31.9 Å². The Bertz CT molecular complexity index is 130. The molecule has 0 saturated carbocycles. The molecule has 0 fully saturated rings. The van der Waals surface area contributed by atoms with E-state index in [1.165, 1.54) is 51.4 Å². The Labute approximate surface area is 113 Å². The van der Waals surface area contributed by atoms with Crippen LogP contribution in [0.5, 0.6) is 0 Å². The molecule has 0 unspecified atom stereocenters. The number of hydrogen-bond donors (Lipinski definition) is 0. The number of alkyl halides is 2. The van der Waals surface area contributed by atoms with E-state index in [2.05, 4.69) is 45.7 Å². The fourth-order valence-corrected chi connectivity index (χ4v) is 4.11. The average Bonchev–Trinajstić information content (AvgIpc) is 2.27. The summed E-state index contributed by atoms with van der Waals surface area (Å²) in [5.41, 5.74) is 0.515.